The number of benzene rings is 1. The van der Waals surface area contributed by atoms with Crippen molar-refractivity contribution < 1.29 is 0 Å². The lowest BCUT2D eigenvalue weighted by Crippen LogP contribution is -1.98. The molecule has 3 rings (SSSR count). The molecule has 0 amide bonds. The van der Waals surface area contributed by atoms with Crippen molar-refractivity contribution in [1.29, 1.82) is 0 Å². The van der Waals surface area contributed by atoms with Gasteiger partial charge >= 0.3 is 0 Å². The number of hydrogen-bond donors (Lipinski definition) is 2. The van der Waals surface area contributed by atoms with E-state index in [0.717, 1.165) is 42.1 Å². The Morgan fingerprint density at radius 1 is 1.21 bits per heavy atom. The van der Waals surface area contributed by atoms with E-state index in [9.17, 15) is 0 Å². The van der Waals surface area contributed by atoms with Gasteiger partial charge in [0.25, 0.3) is 0 Å². The standard InChI is InChI=1S/C14H17N5/c1-10-9-14-17-16-13(19(14)18-10)4-2-3-11-5-7-12(15)8-6-11/h5-9,17H,2-4,15H2,1H3. The smallest absolute Gasteiger partial charge is 0.152 e. The molecule has 0 saturated heterocycles. The van der Waals surface area contributed by atoms with E-state index in [4.69, 9.17) is 5.73 Å². The van der Waals surface area contributed by atoms with Gasteiger partial charge in [-0.25, -0.2) is 0 Å². The summed E-state index contributed by atoms with van der Waals surface area (Å²) >= 11 is 0. The molecule has 0 fully saturated rings. The van der Waals surface area contributed by atoms with Crippen molar-refractivity contribution in [1.82, 2.24) is 19.8 Å². The summed E-state index contributed by atoms with van der Waals surface area (Å²) < 4.78 is 1.89. The molecule has 3 aromatic rings. The molecule has 2 heterocycles. The predicted molar refractivity (Wildman–Crippen MR) is 75.0 cm³/mol. The summed E-state index contributed by atoms with van der Waals surface area (Å²) in [7, 11) is 0. The van der Waals surface area contributed by atoms with Crippen LogP contribution >= 0.6 is 0 Å². The van der Waals surface area contributed by atoms with E-state index in [0.29, 0.717) is 0 Å². The zero-order valence-corrected chi connectivity index (χ0v) is 10.9. The number of H-pyrrole nitrogens is 1. The number of anilines is 1. The van der Waals surface area contributed by atoms with Crippen LogP contribution in [0.5, 0.6) is 0 Å². The topological polar surface area (TPSA) is 72.0 Å². The van der Waals surface area contributed by atoms with Crippen LogP contribution in [-0.2, 0) is 12.8 Å². The van der Waals surface area contributed by atoms with Crippen LogP contribution in [0.25, 0.3) is 5.65 Å². The fourth-order valence-electron chi connectivity index (χ4n) is 2.24. The molecule has 98 valence electrons. The first-order valence-electron chi connectivity index (χ1n) is 6.46. The number of aromatic amines is 1. The zero-order valence-electron chi connectivity index (χ0n) is 10.9. The molecule has 0 aliphatic carbocycles. The van der Waals surface area contributed by atoms with Crippen molar-refractivity contribution in [3.05, 3.63) is 47.4 Å². The van der Waals surface area contributed by atoms with Gasteiger partial charge in [-0.2, -0.15) is 14.7 Å². The fourth-order valence-corrected chi connectivity index (χ4v) is 2.24. The number of aromatic nitrogens is 4. The number of rotatable bonds is 4. The molecule has 3 N–H and O–H groups in total. The summed E-state index contributed by atoms with van der Waals surface area (Å²) in [5.74, 6) is 0.985. The van der Waals surface area contributed by atoms with Gasteiger partial charge < -0.3 is 5.73 Å². The average molecular weight is 255 g/mol. The number of aryl methyl sites for hydroxylation is 3. The van der Waals surface area contributed by atoms with Crippen LogP contribution in [0.1, 0.15) is 23.5 Å². The predicted octanol–water partition coefficient (Wildman–Crippen LogP) is 2.12. The SMILES string of the molecule is Cc1cc2[nH]nc(CCCc3ccc(N)cc3)n2n1. The number of nitrogens with zero attached hydrogens (tertiary/aromatic N) is 3. The minimum absolute atomic E-state index is 0.810. The summed E-state index contributed by atoms with van der Waals surface area (Å²) in [6, 6.07) is 10.0. The Kier molecular flexibility index (Phi) is 2.95. The summed E-state index contributed by atoms with van der Waals surface area (Å²) in [5, 5.41) is 11.7. The Morgan fingerprint density at radius 2 is 2.00 bits per heavy atom. The van der Waals surface area contributed by atoms with Crippen molar-refractivity contribution in [3.63, 3.8) is 0 Å². The second kappa shape index (κ2) is 4.76. The van der Waals surface area contributed by atoms with Gasteiger partial charge in [-0.05, 0) is 37.5 Å². The van der Waals surface area contributed by atoms with Crippen LogP contribution in [0.3, 0.4) is 0 Å². The molecule has 19 heavy (non-hydrogen) atoms. The third kappa shape index (κ3) is 2.45. The van der Waals surface area contributed by atoms with Gasteiger partial charge in [-0.1, -0.05) is 12.1 Å². The zero-order chi connectivity index (χ0) is 13.2. The number of nitrogens with two attached hydrogens (primary N) is 1. The van der Waals surface area contributed by atoms with Gasteiger partial charge in [0, 0.05) is 18.2 Å². The van der Waals surface area contributed by atoms with E-state index in [1.807, 2.05) is 29.6 Å². The van der Waals surface area contributed by atoms with Gasteiger partial charge in [0.1, 0.15) is 0 Å². The number of hydrogen-bond acceptors (Lipinski definition) is 3. The van der Waals surface area contributed by atoms with Gasteiger partial charge in [0.2, 0.25) is 0 Å². The Balaban J connectivity index is 1.64. The van der Waals surface area contributed by atoms with Crippen LogP contribution in [0, 0.1) is 6.92 Å². The van der Waals surface area contributed by atoms with Crippen LogP contribution in [0.15, 0.2) is 30.3 Å². The molecule has 0 radical (unpaired) electrons. The molecule has 1 aromatic carbocycles. The summed E-state index contributed by atoms with van der Waals surface area (Å²) in [5.41, 5.74) is 9.75. The lowest BCUT2D eigenvalue weighted by atomic mass is 10.1. The minimum Gasteiger partial charge on any atom is -0.399 e. The molecule has 0 unspecified atom stereocenters. The Labute approximate surface area is 111 Å². The van der Waals surface area contributed by atoms with Crippen molar-refractivity contribution in [3.8, 4) is 0 Å². The first kappa shape index (κ1) is 11.8. The van der Waals surface area contributed by atoms with E-state index in [2.05, 4.69) is 27.4 Å². The Hall–Kier alpha value is -2.30. The third-order valence-electron chi connectivity index (χ3n) is 3.22. The molecule has 0 saturated carbocycles. The fraction of sp³-hybridized carbons (Fsp3) is 0.286. The minimum atomic E-state index is 0.810. The van der Waals surface area contributed by atoms with Gasteiger partial charge in [-0.15, -0.1) is 0 Å². The maximum Gasteiger partial charge on any atom is 0.152 e. The van der Waals surface area contributed by atoms with E-state index in [1.54, 1.807) is 0 Å². The summed E-state index contributed by atoms with van der Waals surface area (Å²) in [6.45, 7) is 1.99. The quantitative estimate of drug-likeness (QED) is 0.701. The number of nitrogen functional groups attached to an aromatic ring is 1. The second-order valence-corrected chi connectivity index (χ2v) is 4.82. The summed E-state index contributed by atoms with van der Waals surface area (Å²) in [4.78, 5) is 0. The van der Waals surface area contributed by atoms with Gasteiger partial charge in [-0.3, -0.25) is 5.10 Å². The number of fused-ring (bicyclic) bond motifs is 1. The van der Waals surface area contributed by atoms with Crippen LogP contribution in [-0.4, -0.2) is 19.8 Å². The molecule has 0 bridgehead atoms. The van der Waals surface area contributed by atoms with E-state index in [-0.39, 0.29) is 0 Å². The highest BCUT2D eigenvalue weighted by Gasteiger charge is 2.07. The van der Waals surface area contributed by atoms with Crippen molar-refractivity contribution >= 4 is 11.3 Å². The highest BCUT2D eigenvalue weighted by Crippen LogP contribution is 2.11. The lowest BCUT2D eigenvalue weighted by molar-refractivity contribution is 0.732. The number of nitrogens with one attached hydrogen (secondary N) is 1. The molecule has 0 atom stereocenters. The molecule has 5 nitrogen and oxygen atoms in total. The Morgan fingerprint density at radius 3 is 2.79 bits per heavy atom. The monoisotopic (exact) mass is 255 g/mol. The Bertz CT molecular complexity index is 677. The van der Waals surface area contributed by atoms with Crippen LogP contribution < -0.4 is 5.73 Å². The second-order valence-electron chi connectivity index (χ2n) is 4.82. The molecule has 0 spiro atoms. The van der Waals surface area contributed by atoms with Crippen LogP contribution in [0.2, 0.25) is 0 Å². The normalized spacial score (nSPS) is 11.2. The third-order valence-corrected chi connectivity index (χ3v) is 3.22. The van der Waals surface area contributed by atoms with Crippen molar-refractivity contribution in [2.75, 3.05) is 5.73 Å². The van der Waals surface area contributed by atoms with Gasteiger partial charge in [0.15, 0.2) is 11.5 Å². The molecule has 2 aromatic heterocycles. The highest BCUT2D eigenvalue weighted by atomic mass is 15.4. The molecule has 5 heteroatoms. The maximum atomic E-state index is 5.67. The van der Waals surface area contributed by atoms with Gasteiger partial charge in [0.05, 0.1) is 5.69 Å². The van der Waals surface area contributed by atoms with Crippen molar-refractivity contribution in [2.24, 2.45) is 0 Å². The average Bonchev–Trinajstić information content (AvgIpc) is 2.92. The van der Waals surface area contributed by atoms with Crippen LogP contribution in [0.4, 0.5) is 5.69 Å². The van der Waals surface area contributed by atoms with E-state index < -0.39 is 0 Å². The lowest BCUT2D eigenvalue weighted by Gasteiger charge is -2.01. The first-order chi connectivity index (χ1) is 9.22. The summed E-state index contributed by atoms with van der Waals surface area (Å²) in [6.07, 6.45) is 2.98. The van der Waals surface area contributed by atoms with E-state index >= 15 is 0 Å². The molecule has 0 aliphatic rings. The first-order valence-corrected chi connectivity index (χ1v) is 6.46. The molecular weight excluding hydrogens is 238 g/mol. The van der Waals surface area contributed by atoms with Crippen molar-refractivity contribution in [2.45, 2.75) is 26.2 Å². The molecular formula is C14H17N5. The largest absolute Gasteiger partial charge is 0.399 e. The maximum absolute atomic E-state index is 5.67. The molecule has 0 aliphatic heterocycles. The highest BCUT2D eigenvalue weighted by molar-refractivity contribution is 5.39. The van der Waals surface area contributed by atoms with E-state index in [1.165, 1.54) is 5.56 Å².